The van der Waals surface area contributed by atoms with E-state index in [0.717, 1.165) is 31.0 Å². The Bertz CT molecular complexity index is 698. The van der Waals surface area contributed by atoms with Crippen LogP contribution in [0.25, 0.3) is 11.4 Å². The maximum absolute atomic E-state index is 12.6. The van der Waals surface area contributed by atoms with E-state index in [2.05, 4.69) is 15.4 Å². The molecular formula is C18H23N5O. The Morgan fingerprint density at radius 3 is 2.71 bits per heavy atom. The third kappa shape index (κ3) is 3.18. The number of hydrogen-bond acceptors (Lipinski definition) is 4. The van der Waals surface area contributed by atoms with Gasteiger partial charge in [0.2, 0.25) is 11.7 Å². The third-order valence-corrected chi connectivity index (χ3v) is 5.41. The summed E-state index contributed by atoms with van der Waals surface area (Å²) in [5.41, 5.74) is 0.916. The second-order valence-electron chi connectivity index (χ2n) is 6.94. The highest BCUT2D eigenvalue weighted by Gasteiger charge is 2.33. The van der Waals surface area contributed by atoms with E-state index in [0.29, 0.717) is 11.7 Å². The fourth-order valence-electron chi connectivity index (χ4n) is 4.06. The highest BCUT2D eigenvalue weighted by molar-refractivity contribution is 5.76. The van der Waals surface area contributed by atoms with Gasteiger partial charge >= 0.3 is 0 Å². The highest BCUT2D eigenvalue weighted by Crippen LogP contribution is 2.36. The van der Waals surface area contributed by atoms with Crippen LogP contribution in [0.1, 0.15) is 32.1 Å². The van der Waals surface area contributed by atoms with Gasteiger partial charge < -0.3 is 4.90 Å². The molecule has 2 fully saturated rings. The summed E-state index contributed by atoms with van der Waals surface area (Å²) >= 11 is 0. The molecule has 24 heavy (non-hydrogen) atoms. The molecule has 4 rings (SSSR count). The van der Waals surface area contributed by atoms with E-state index in [1.165, 1.54) is 30.5 Å². The van der Waals surface area contributed by atoms with Gasteiger partial charge in [0.1, 0.15) is 6.54 Å². The Labute approximate surface area is 141 Å². The molecule has 126 valence electrons. The molecule has 2 aromatic rings. The average molecular weight is 325 g/mol. The van der Waals surface area contributed by atoms with Crippen molar-refractivity contribution in [1.82, 2.24) is 25.1 Å². The number of rotatable bonds is 3. The summed E-state index contributed by atoms with van der Waals surface area (Å²) in [5, 5.41) is 12.4. The number of benzene rings is 1. The summed E-state index contributed by atoms with van der Waals surface area (Å²) in [6, 6.07) is 9.71. The fourth-order valence-corrected chi connectivity index (χ4v) is 4.06. The van der Waals surface area contributed by atoms with Gasteiger partial charge in [-0.2, -0.15) is 4.80 Å². The molecule has 1 amide bonds. The fraction of sp³-hybridized carbons (Fsp3) is 0.556. The van der Waals surface area contributed by atoms with Crippen LogP contribution in [0.5, 0.6) is 0 Å². The van der Waals surface area contributed by atoms with E-state index in [4.69, 9.17) is 0 Å². The molecule has 2 aliphatic rings. The number of piperidine rings is 1. The normalized spacial score (nSPS) is 23.8. The molecule has 6 nitrogen and oxygen atoms in total. The van der Waals surface area contributed by atoms with Crippen molar-refractivity contribution in [3.05, 3.63) is 30.3 Å². The first-order chi connectivity index (χ1) is 11.8. The first kappa shape index (κ1) is 15.3. The van der Waals surface area contributed by atoms with Crippen LogP contribution in [0.15, 0.2) is 30.3 Å². The van der Waals surface area contributed by atoms with E-state index in [1.807, 2.05) is 35.2 Å². The van der Waals surface area contributed by atoms with E-state index in [1.54, 1.807) is 0 Å². The van der Waals surface area contributed by atoms with Gasteiger partial charge in [-0.1, -0.05) is 49.6 Å². The van der Waals surface area contributed by atoms with Crippen molar-refractivity contribution in [3.8, 4) is 11.4 Å². The second-order valence-corrected chi connectivity index (χ2v) is 6.94. The molecule has 1 saturated heterocycles. The zero-order valence-electron chi connectivity index (χ0n) is 13.8. The second kappa shape index (κ2) is 6.71. The van der Waals surface area contributed by atoms with Crippen LogP contribution in [-0.4, -0.2) is 44.1 Å². The van der Waals surface area contributed by atoms with Crippen LogP contribution in [0.2, 0.25) is 0 Å². The van der Waals surface area contributed by atoms with Crippen molar-refractivity contribution in [2.75, 3.05) is 13.1 Å². The van der Waals surface area contributed by atoms with Gasteiger partial charge in [0.15, 0.2) is 0 Å². The van der Waals surface area contributed by atoms with Gasteiger partial charge in [-0.15, -0.1) is 10.2 Å². The van der Waals surface area contributed by atoms with Crippen molar-refractivity contribution in [2.45, 2.75) is 38.6 Å². The molecule has 0 spiro atoms. The molecule has 1 aromatic carbocycles. The molecule has 1 saturated carbocycles. The summed E-state index contributed by atoms with van der Waals surface area (Å²) in [6.45, 7) is 1.96. The molecule has 1 aliphatic heterocycles. The molecule has 2 atom stereocenters. The van der Waals surface area contributed by atoms with Crippen LogP contribution < -0.4 is 0 Å². The maximum Gasteiger partial charge on any atom is 0.246 e. The summed E-state index contributed by atoms with van der Waals surface area (Å²) in [6.07, 6.45) is 6.44. The van der Waals surface area contributed by atoms with Crippen molar-refractivity contribution < 1.29 is 4.79 Å². The van der Waals surface area contributed by atoms with Gasteiger partial charge in [-0.05, 0) is 29.9 Å². The molecule has 1 aromatic heterocycles. The Morgan fingerprint density at radius 1 is 1.08 bits per heavy atom. The molecule has 0 N–H and O–H groups in total. The third-order valence-electron chi connectivity index (χ3n) is 5.41. The van der Waals surface area contributed by atoms with Crippen molar-refractivity contribution >= 4 is 5.91 Å². The summed E-state index contributed by atoms with van der Waals surface area (Å²) < 4.78 is 0. The lowest BCUT2D eigenvalue weighted by Crippen LogP contribution is -2.46. The predicted octanol–water partition coefficient (Wildman–Crippen LogP) is 2.38. The molecule has 0 radical (unpaired) electrons. The summed E-state index contributed by atoms with van der Waals surface area (Å²) in [7, 11) is 0. The van der Waals surface area contributed by atoms with Gasteiger partial charge in [0.05, 0.1) is 0 Å². The molecular weight excluding hydrogens is 302 g/mol. The topological polar surface area (TPSA) is 63.9 Å². The highest BCUT2D eigenvalue weighted by atomic mass is 16.2. The number of nitrogens with zero attached hydrogens (tertiary/aromatic N) is 5. The quantitative estimate of drug-likeness (QED) is 0.869. The number of carbonyl (C=O) groups excluding carboxylic acids is 1. The van der Waals surface area contributed by atoms with Crippen LogP contribution in [-0.2, 0) is 11.3 Å². The Balaban J connectivity index is 1.39. The number of hydrogen-bond donors (Lipinski definition) is 0. The maximum atomic E-state index is 12.6. The Kier molecular flexibility index (Phi) is 4.28. The number of amides is 1. The van der Waals surface area contributed by atoms with E-state index >= 15 is 0 Å². The number of aromatic nitrogens is 4. The lowest BCUT2D eigenvalue weighted by Gasteiger charge is -2.41. The van der Waals surface area contributed by atoms with E-state index in [-0.39, 0.29) is 12.5 Å². The lowest BCUT2D eigenvalue weighted by atomic mass is 9.75. The Hall–Kier alpha value is -2.24. The first-order valence-electron chi connectivity index (χ1n) is 8.90. The molecule has 1 aliphatic carbocycles. The zero-order valence-corrected chi connectivity index (χ0v) is 13.8. The smallest absolute Gasteiger partial charge is 0.246 e. The van der Waals surface area contributed by atoms with E-state index in [9.17, 15) is 4.79 Å². The van der Waals surface area contributed by atoms with Crippen LogP contribution >= 0.6 is 0 Å². The van der Waals surface area contributed by atoms with Crippen LogP contribution in [0, 0.1) is 11.8 Å². The van der Waals surface area contributed by atoms with Gasteiger partial charge in [0, 0.05) is 18.7 Å². The predicted molar refractivity (Wildman–Crippen MR) is 89.9 cm³/mol. The minimum absolute atomic E-state index is 0.107. The van der Waals surface area contributed by atoms with Crippen molar-refractivity contribution in [2.24, 2.45) is 11.8 Å². The standard InChI is InChI=1S/C18H23N5O/c24-17(22-11-10-14-6-4-5-9-16(14)12-22)13-23-20-18(19-21-23)15-7-2-1-3-8-15/h1-3,7-8,14,16H,4-6,9-13H2/t14-,16+/m0/s1. The molecule has 0 bridgehead atoms. The van der Waals surface area contributed by atoms with E-state index < -0.39 is 0 Å². The zero-order chi connectivity index (χ0) is 16.4. The monoisotopic (exact) mass is 325 g/mol. The first-order valence-corrected chi connectivity index (χ1v) is 8.90. The van der Waals surface area contributed by atoms with Crippen molar-refractivity contribution in [3.63, 3.8) is 0 Å². The minimum atomic E-state index is 0.107. The molecule has 0 unspecified atom stereocenters. The van der Waals surface area contributed by atoms with Gasteiger partial charge in [-0.25, -0.2) is 0 Å². The molecule has 2 heterocycles. The van der Waals surface area contributed by atoms with Crippen LogP contribution in [0.3, 0.4) is 0 Å². The summed E-state index contributed by atoms with van der Waals surface area (Å²) in [4.78, 5) is 16.0. The average Bonchev–Trinajstić information content (AvgIpc) is 3.10. The number of carbonyl (C=O) groups is 1. The Morgan fingerprint density at radius 2 is 1.88 bits per heavy atom. The number of fused-ring (bicyclic) bond motifs is 1. The number of tetrazole rings is 1. The number of likely N-dealkylation sites (tertiary alicyclic amines) is 1. The van der Waals surface area contributed by atoms with Gasteiger partial charge in [0.25, 0.3) is 0 Å². The SMILES string of the molecule is O=C(Cn1nnc(-c2ccccc2)n1)N1CC[C@@H]2CCCC[C@@H]2C1. The van der Waals surface area contributed by atoms with Crippen molar-refractivity contribution in [1.29, 1.82) is 0 Å². The lowest BCUT2D eigenvalue weighted by molar-refractivity contribution is -0.135. The molecule has 6 heteroatoms. The van der Waals surface area contributed by atoms with Crippen LogP contribution in [0.4, 0.5) is 0 Å². The van der Waals surface area contributed by atoms with Gasteiger partial charge in [-0.3, -0.25) is 4.79 Å². The minimum Gasteiger partial charge on any atom is -0.341 e. The largest absolute Gasteiger partial charge is 0.341 e. The summed E-state index contributed by atoms with van der Waals surface area (Å²) in [5.74, 6) is 2.20.